The van der Waals surface area contributed by atoms with Gasteiger partial charge in [0.15, 0.2) is 0 Å². The molecule has 1 saturated carbocycles. The van der Waals surface area contributed by atoms with Crippen molar-refractivity contribution in [3.8, 4) is 0 Å². The second-order valence-corrected chi connectivity index (χ2v) is 7.39. The Morgan fingerprint density at radius 1 is 1.39 bits per heavy atom. The first-order valence-electron chi connectivity index (χ1n) is 8.31. The highest BCUT2D eigenvalue weighted by molar-refractivity contribution is 7.07. The van der Waals surface area contributed by atoms with Crippen LogP contribution in [0.15, 0.2) is 23.0 Å². The highest BCUT2D eigenvalue weighted by atomic mass is 32.1. The van der Waals surface area contributed by atoms with E-state index in [4.69, 9.17) is 4.98 Å². The molecule has 2 aliphatic rings. The van der Waals surface area contributed by atoms with Crippen LogP contribution in [-0.4, -0.2) is 26.9 Å². The lowest BCUT2D eigenvalue weighted by Gasteiger charge is -2.27. The fraction of sp³-hybridized carbons (Fsp3) is 0.529. The van der Waals surface area contributed by atoms with Crippen LogP contribution in [0.5, 0.6) is 0 Å². The standard InChI is InChI=1S/C17H22N4OS/c22-17(7-13-1-2-13)18-8-15-10-21-5-4-20(11-16(21)19-15)9-14-3-6-23-12-14/h3,6,10,12-13H,1-2,4-5,7-9,11H2,(H,18,22). The molecule has 0 radical (unpaired) electrons. The number of nitrogens with zero attached hydrogens (tertiary/aromatic N) is 3. The largest absolute Gasteiger partial charge is 0.350 e. The van der Waals surface area contributed by atoms with E-state index in [9.17, 15) is 4.79 Å². The zero-order valence-electron chi connectivity index (χ0n) is 13.2. The highest BCUT2D eigenvalue weighted by Crippen LogP contribution is 2.32. The average molecular weight is 330 g/mol. The van der Waals surface area contributed by atoms with Crippen LogP contribution >= 0.6 is 11.3 Å². The number of hydrogen-bond donors (Lipinski definition) is 1. The lowest BCUT2D eigenvalue weighted by Crippen LogP contribution is -2.33. The van der Waals surface area contributed by atoms with E-state index in [-0.39, 0.29) is 5.91 Å². The van der Waals surface area contributed by atoms with E-state index in [2.05, 4.69) is 37.8 Å². The lowest BCUT2D eigenvalue weighted by atomic mass is 10.3. The molecule has 122 valence electrons. The summed E-state index contributed by atoms with van der Waals surface area (Å²) in [4.78, 5) is 18.9. The maximum absolute atomic E-state index is 11.8. The number of amides is 1. The summed E-state index contributed by atoms with van der Waals surface area (Å²) in [7, 11) is 0. The van der Waals surface area contributed by atoms with Gasteiger partial charge in [0.1, 0.15) is 5.82 Å². The first-order chi connectivity index (χ1) is 11.3. The molecular weight excluding hydrogens is 308 g/mol. The van der Waals surface area contributed by atoms with Gasteiger partial charge in [-0.1, -0.05) is 0 Å². The van der Waals surface area contributed by atoms with Gasteiger partial charge in [0.05, 0.1) is 18.8 Å². The van der Waals surface area contributed by atoms with Crippen molar-refractivity contribution in [3.63, 3.8) is 0 Å². The molecular formula is C17H22N4OS. The number of carbonyl (C=O) groups excluding carboxylic acids is 1. The molecule has 1 fully saturated rings. The molecule has 0 atom stereocenters. The summed E-state index contributed by atoms with van der Waals surface area (Å²) >= 11 is 1.75. The number of rotatable bonds is 6. The van der Waals surface area contributed by atoms with E-state index in [1.165, 1.54) is 18.4 Å². The van der Waals surface area contributed by atoms with Crippen LogP contribution in [0.1, 0.15) is 36.3 Å². The number of imidazole rings is 1. The Morgan fingerprint density at radius 2 is 2.30 bits per heavy atom. The molecule has 2 aromatic rings. The molecule has 23 heavy (non-hydrogen) atoms. The summed E-state index contributed by atoms with van der Waals surface area (Å²) in [6, 6.07) is 2.19. The van der Waals surface area contributed by atoms with E-state index in [1.54, 1.807) is 11.3 Å². The van der Waals surface area contributed by atoms with Crippen molar-refractivity contribution in [2.24, 2.45) is 5.92 Å². The van der Waals surface area contributed by atoms with E-state index in [0.717, 1.165) is 37.7 Å². The van der Waals surface area contributed by atoms with Crippen molar-refractivity contribution in [2.45, 2.75) is 45.4 Å². The van der Waals surface area contributed by atoms with Gasteiger partial charge in [-0.25, -0.2) is 4.98 Å². The Bertz CT molecular complexity index is 675. The fourth-order valence-corrected chi connectivity index (χ4v) is 3.73. The molecule has 0 aromatic carbocycles. The maximum atomic E-state index is 11.8. The van der Waals surface area contributed by atoms with Crippen LogP contribution in [0, 0.1) is 5.92 Å². The maximum Gasteiger partial charge on any atom is 0.220 e. The summed E-state index contributed by atoms with van der Waals surface area (Å²) in [6.45, 7) is 4.45. The second kappa shape index (κ2) is 6.45. The van der Waals surface area contributed by atoms with Crippen molar-refractivity contribution in [2.75, 3.05) is 6.54 Å². The predicted molar refractivity (Wildman–Crippen MR) is 89.8 cm³/mol. The zero-order chi connectivity index (χ0) is 15.6. The summed E-state index contributed by atoms with van der Waals surface area (Å²) in [5.41, 5.74) is 2.35. The molecule has 0 spiro atoms. The SMILES string of the molecule is O=C(CC1CC1)NCc1cn2c(n1)CN(Cc1ccsc1)CC2. The Kier molecular flexibility index (Phi) is 4.18. The Morgan fingerprint density at radius 3 is 3.09 bits per heavy atom. The molecule has 1 aliphatic heterocycles. The number of nitrogens with one attached hydrogen (secondary N) is 1. The first-order valence-corrected chi connectivity index (χ1v) is 9.25. The second-order valence-electron chi connectivity index (χ2n) is 6.61. The average Bonchev–Trinajstić information content (AvgIpc) is 3.05. The van der Waals surface area contributed by atoms with Crippen LogP contribution in [-0.2, 0) is 31.0 Å². The summed E-state index contributed by atoms with van der Waals surface area (Å²) < 4.78 is 2.23. The number of hydrogen-bond acceptors (Lipinski definition) is 4. The minimum absolute atomic E-state index is 0.164. The highest BCUT2D eigenvalue weighted by Gasteiger charge is 2.24. The number of thiophene rings is 1. The van der Waals surface area contributed by atoms with Crippen molar-refractivity contribution in [3.05, 3.63) is 40.1 Å². The van der Waals surface area contributed by atoms with Crippen molar-refractivity contribution < 1.29 is 4.79 Å². The van der Waals surface area contributed by atoms with Gasteiger partial charge in [-0.05, 0) is 41.1 Å². The van der Waals surface area contributed by atoms with Crippen LogP contribution in [0.25, 0.3) is 0 Å². The van der Waals surface area contributed by atoms with Crippen LogP contribution < -0.4 is 5.32 Å². The molecule has 1 aliphatic carbocycles. The number of carbonyl (C=O) groups is 1. The molecule has 4 rings (SSSR count). The summed E-state index contributed by atoms with van der Waals surface area (Å²) in [5, 5.41) is 7.34. The van der Waals surface area contributed by atoms with Gasteiger partial charge in [0, 0.05) is 32.3 Å². The summed E-state index contributed by atoms with van der Waals surface area (Å²) in [5.74, 6) is 1.91. The first kappa shape index (κ1) is 14.9. The van der Waals surface area contributed by atoms with Gasteiger partial charge in [0.25, 0.3) is 0 Å². The fourth-order valence-electron chi connectivity index (χ4n) is 3.07. The molecule has 1 amide bonds. The van der Waals surface area contributed by atoms with E-state index >= 15 is 0 Å². The van der Waals surface area contributed by atoms with E-state index < -0.39 is 0 Å². The van der Waals surface area contributed by atoms with Crippen LogP contribution in [0.2, 0.25) is 0 Å². The Balaban J connectivity index is 1.32. The third kappa shape index (κ3) is 3.82. The smallest absolute Gasteiger partial charge is 0.220 e. The molecule has 0 unspecified atom stereocenters. The van der Waals surface area contributed by atoms with Gasteiger partial charge in [-0.15, -0.1) is 0 Å². The van der Waals surface area contributed by atoms with Crippen molar-refractivity contribution in [1.29, 1.82) is 0 Å². The van der Waals surface area contributed by atoms with Gasteiger partial charge in [0.2, 0.25) is 5.91 Å². The molecule has 2 aromatic heterocycles. The normalized spacial score (nSPS) is 17.9. The Labute approximate surface area is 140 Å². The van der Waals surface area contributed by atoms with Crippen LogP contribution in [0.4, 0.5) is 0 Å². The van der Waals surface area contributed by atoms with Gasteiger partial charge in [-0.3, -0.25) is 9.69 Å². The zero-order valence-corrected chi connectivity index (χ0v) is 14.0. The van der Waals surface area contributed by atoms with Gasteiger partial charge in [-0.2, -0.15) is 11.3 Å². The topological polar surface area (TPSA) is 50.2 Å². The predicted octanol–water partition coefficient (Wildman–Crippen LogP) is 2.38. The molecule has 0 bridgehead atoms. The molecule has 1 N–H and O–H groups in total. The third-order valence-corrected chi connectivity index (χ3v) is 5.29. The molecule has 5 nitrogen and oxygen atoms in total. The molecule has 6 heteroatoms. The molecule has 3 heterocycles. The number of fused-ring (bicyclic) bond motifs is 1. The van der Waals surface area contributed by atoms with E-state index in [0.29, 0.717) is 18.9 Å². The minimum Gasteiger partial charge on any atom is -0.350 e. The van der Waals surface area contributed by atoms with Gasteiger partial charge >= 0.3 is 0 Å². The van der Waals surface area contributed by atoms with Crippen LogP contribution in [0.3, 0.4) is 0 Å². The monoisotopic (exact) mass is 330 g/mol. The van der Waals surface area contributed by atoms with Crippen molar-refractivity contribution in [1.82, 2.24) is 19.8 Å². The molecule has 0 saturated heterocycles. The third-order valence-electron chi connectivity index (χ3n) is 4.56. The van der Waals surface area contributed by atoms with E-state index in [1.807, 2.05) is 0 Å². The summed E-state index contributed by atoms with van der Waals surface area (Å²) in [6.07, 6.45) is 5.20. The van der Waals surface area contributed by atoms with Gasteiger partial charge < -0.3 is 9.88 Å². The minimum atomic E-state index is 0.164. The quantitative estimate of drug-likeness (QED) is 0.885. The van der Waals surface area contributed by atoms with Crippen molar-refractivity contribution >= 4 is 17.2 Å². The number of aromatic nitrogens is 2. The Hall–Kier alpha value is -1.66. The lowest BCUT2D eigenvalue weighted by molar-refractivity contribution is -0.121.